The Bertz CT molecular complexity index is 1380. The van der Waals surface area contributed by atoms with Crippen molar-refractivity contribution in [1.82, 2.24) is 30.6 Å². The summed E-state index contributed by atoms with van der Waals surface area (Å²) in [6.07, 6.45) is 36.9. The zero-order valence-corrected chi connectivity index (χ0v) is 33.8. The van der Waals surface area contributed by atoms with Crippen molar-refractivity contribution in [2.45, 2.75) is 228 Å². The molecule has 3 N–H and O–H groups in total. The number of hydrogen-bond acceptors (Lipinski definition) is 4. The minimum absolute atomic E-state index is 0.368. The van der Waals surface area contributed by atoms with E-state index in [1.54, 1.807) is 0 Å². The van der Waals surface area contributed by atoms with Gasteiger partial charge in [-0.3, -0.25) is 15.3 Å². The molecule has 0 bridgehead atoms. The number of nitrogens with zero attached hydrogens (tertiary/aromatic N) is 3. The first kappa shape index (κ1) is 36.5. The van der Waals surface area contributed by atoms with Crippen LogP contribution < -0.4 is 15.9 Å². The minimum atomic E-state index is -3.54. The van der Waals surface area contributed by atoms with E-state index in [4.69, 9.17) is 15.3 Å². The summed E-state index contributed by atoms with van der Waals surface area (Å²) in [7, 11) is -3.54. The first-order valence-corrected chi connectivity index (χ1v) is 24.8. The van der Waals surface area contributed by atoms with Crippen molar-refractivity contribution in [1.29, 1.82) is 0 Å². The Balaban J connectivity index is 1.36. The van der Waals surface area contributed by atoms with Crippen LogP contribution in [-0.4, -0.2) is 30.6 Å². The fourth-order valence-corrected chi connectivity index (χ4v) is 16.5. The Morgan fingerprint density at radius 3 is 0.755 bits per heavy atom. The average Bonchev–Trinajstić information content (AvgIpc) is 4.01. The van der Waals surface area contributed by atoms with Crippen LogP contribution >= 0.6 is 7.14 Å². The molecule has 6 aliphatic carbocycles. The molecule has 0 atom stereocenters. The summed E-state index contributed by atoms with van der Waals surface area (Å²) in [5.41, 5.74) is 7.23. The first-order chi connectivity index (χ1) is 26.2. The van der Waals surface area contributed by atoms with Gasteiger partial charge < -0.3 is 4.57 Å². The highest BCUT2D eigenvalue weighted by molar-refractivity contribution is 7.85. The summed E-state index contributed by atoms with van der Waals surface area (Å²) >= 11 is 0. The van der Waals surface area contributed by atoms with Gasteiger partial charge in [0.05, 0.1) is 33.0 Å². The normalized spacial score (nSPS) is 24.6. The van der Waals surface area contributed by atoms with Crippen LogP contribution in [0.15, 0.2) is 0 Å². The van der Waals surface area contributed by atoms with Gasteiger partial charge in [-0.15, -0.1) is 0 Å². The highest BCUT2D eigenvalue weighted by Gasteiger charge is 2.50. The Morgan fingerprint density at radius 2 is 0.528 bits per heavy atom. The number of aromatic nitrogens is 6. The molecule has 0 aromatic carbocycles. The van der Waals surface area contributed by atoms with E-state index < -0.39 is 7.14 Å². The molecule has 7 nitrogen and oxygen atoms in total. The molecule has 6 aliphatic rings. The molecule has 0 radical (unpaired) electrons. The van der Waals surface area contributed by atoms with Crippen LogP contribution in [0.5, 0.6) is 0 Å². The third-order valence-corrected chi connectivity index (χ3v) is 18.6. The second-order valence-electron chi connectivity index (χ2n) is 18.7. The second kappa shape index (κ2) is 16.5. The fourth-order valence-electron chi connectivity index (χ4n) is 12.4. The molecular formula is C45H69N6OP. The third kappa shape index (κ3) is 7.10. The monoisotopic (exact) mass is 741 g/mol. The number of aromatic amines is 3. The lowest BCUT2D eigenvalue weighted by atomic mass is 9.84. The van der Waals surface area contributed by atoms with Crippen molar-refractivity contribution >= 4 is 23.1 Å². The largest absolute Gasteiger partial charge is 0.308 e. The van der Waals surface area contributed by atoms with Crippen molar-refractivity contribution in [3.63, 3.8) is 0 Å². The highest BCUT2D eigenvalue weighted by Crippen LogP contribution is 2.56. The zero-order chi connectivity index (χ0) is 35.6. The van der Waals surface area contributed by atoms with Crippen LogP contribution in [0.4, 0.5) is 0 Å². The lowest BCUT2D eigenvalue weighted by molar-refractivity contribution is 0.436. The molecule has 6 fully saturated rings. The van der Waals surface area contributed by atoms with Crippen LogP contribution in [0.3, 0.4) is 0 Å². The molecule has 0 saturated heterocycles. The second-order valence-corrected chi connectivity index (χ2v) is 21.3. The van der Waals surface area contributed by atoms with Crippen molar-refractivity contribution in [2.24, 2.45) is 0 Å². The highest BCUT2D eigenvalue weighted by atomic mass is 31.2. The van der Waals surface area contributed by atoms with Gasteiger partial charge >= 0.3 is 0 Å². The first-order valence-electron chi connectivity index (χ1n) is 23.1. The smallest absolute Gasteiger partial charge is 0.182 e. The van der Waals surface area contributed by atoms with Gasteiger partial charge in [-0.2, -0.15) is 15.3 Å². The fraction of sp³-hybridized carbons (Fsp3) is 0.800. The molecule has 3 heterocycles. The Kier molecular flexibility index (Phi) is 11.4. The lowest BCUT2D eigenvalue weighted by Gasteiger charge is -2.33. The predicted octanol–water partition coefficient (Wildman–Crippen LogP) is 11.8. The van der Waals surface area contributed by atoms with E-state index in [0.29, 0.717) is 35.5 Å². The lowest BCUT2D eigenvalue weighted by Crippen LogP contribution is -2.37. The maximum atomic E-state index is 18.4. The summed E-state index contributed by atoms with van der Waals surface area (Å²) in [5.74, 6) is 2.28. The van der Waals surface area contributed by atoms with Gasteiger partial charge in [0.1, 0.15) is 0 Å². The van der Waals surface area contributed by atoms with Gasteiger partial charge in [0.25, 0.3) is 0 Å². The Hall–Kier alpha value is -2.14. The summed E-state index contributed by atoms with van der Waals surface area (Å²) in [6, 6.07) is 0. The van der Waals surface area contributed by atoms with E-state index in [9.17, 15) is 0 Å². The molecule has 6 saturated carbocycles. The van der Waals surface area contributed by atoms with E-state index >= 15 is 4.57 Å². The van der Waals surface area contributed by atoms with Gasteiger partial charge in [0.15, 0.2) is 7.14 Å². The summed E-state index contributed by atoms with van der Waals surface area (Å²) < 4.78 is 18.4. The van der Waals surface area contributed by atoms with Crippen molar-refractivity contribution < 1.29 is 4.57 Å². The number of rotatable bonds is 9. The van der Waals surface area contributed by atoms with Crippen molar-refractivity contribution in [3.05, 3.63) is 34.2 Å². The van der Waals surface area contributed by atoms with E-state index in [1.165, 1.54) is 188 Å². The molecule has 3 aromatic heterocycles. The molecule has 3 aromatic rings. The van der Waals surface area contributed by atoms with E-state index in [2.05, 4.69) is 15.3 Å². The maximum Gasteiger partial charge on any atom is 0.182 e. The minimum Gasteiger partial charge on any atom is -0.308 e. The maximum absolute atomic E-state index is 18.4. The number of H-pyrrole nitrogens is 3. The molecule has 9 rings (SSSR count). The summed E-state index contributed by atoms with van der Waals surface area (Å²) in [5, 5.41) is 31.0. The molecule has 290 valence electrons. The number of hydrogen-bond donors (Lipinski definition) is 3. The van der Waals surface area contributed by atoms with E-state index in [0.717, 1.165) is 54.4 Å². The molecule has 0 unspecified atom stereocenters. The molecule has 0 aliphatic heterocycles. The van der Waals surface area contributed by atoms with Gasteiger partial charge in [0.2, 0.25) is 0 Å². The van der Waals surface area contributed by atoms with E-state index in [1.807, 2.05) is 0 Å². The third-order valence-electron chi connectivity index (χ3n) is 15.3. The molecule has 8 heteroatoms. The molecular weight excluding hydrogens is 672 g/mol. The molecule has 53 heavy (non-hydrogen) atoms. The Morgan fingerprint density at radius 1 is 0.321 bits per heavy atom. The van der Waals surface area contributed by atoms with E-state index in [-0.39, 0.29) is 0 Å². The van der Waals surface area contributed by atoms with Gasteiger partial charge in [-0.25, -0.2) is 0 Å². The van der Waals surface area contributed by atoms with Crippen LogP contribution in [0.2, 0.25) is 0 Å². The van der Waals surface area contributed by atoms with Gasteiger partial charge in [-0.05, 0) is 77.0 Å². The average molecular weight is 741 g/mol. The quantitative estimate of drug-likeness (QED) is 0.190. The van der Waals surface area contributed by atoms with Crippen molar-refractivity contribution in [3.8, 4) is 0 Å². The SMILES string of the molecule is O=P(c1c(C2CCCCC2)n[nH]c1C1CCCCC1)(c1c(C2CCCCC2)n[nH]c1C1CCCCC1)c1c(C2CCCCC2)n[nH]c1C1CCCCC1. The summed E-state index contributed by atoms with van der Waals surface area (Å²) in [4.78, 5) is 0. The van der Waals surface area contributed by atoms with Gasteiger partial charge in [-0.1, -0.05) is 116 Å². The van der Waals surface area contributed by atoms with Crippen LogP contribution in [0, 0.1) is 0 Å². The number of nitrogens with one attached hydrogen (secondary N) is 3. The van der Waals surface area contributed by atoms with Crippen LogP contribution in [0.1, 0.15) is 262 Å². The summed E-state index contributed by atoms with van der Waals surface area (Å²) in [6.45, 7) is 0. The standard InChI is InChI=1S/C45H69N6OP/c52-53(43-37(31-19-7-1-8-20-31)46-47-38(43)32-21-9-2-10-22-32,44-39(33-23-11-3-12-24-33)48-49-40(44)34-25-13-4-14-26-34)45-41(35-27-15-5-16-28-35)50-51-42(45)36-29-17-6-18-30-36/h31-36H,1-30H2,(H,46,47)(H,48,49)(H,50,51). The van der Waals surface area contributed by atoms with Crippen LogP contribution in [0.25, 0.3) is 0 Å². The predicted molar refractivity (Wildman–Crippen MR) is 217 cm³/mol. The molecule has 0 amide bonds. The van der Waals surface area contributed by atoms with Gasteiger partial charge in [0, 0.05) is 52.6 Å². The zero-order valence-electron chi connectivity index (χ0n) is 32.9. The topological polar surface area (TPSA) is 103 Å². The van der Waals surface area contributed by atoms with Crippen molar-refractivity contribution in [2.75, 3.05) is 0 Å². The molecule has 0 spiro atoms. The Labute approximate surface area is 319 Å². The van der Waals surface area contributed by atoms with Crippen LogP contribution in [-0.2, 0) is 4.57 Å².